The van der Waals surface area contributed by atoms with E-state index in [1.165, 1.54) is 16.9 Å². The molecule has 2 rings (SSSR count). The van der Waals surface area contributed by atoms with Gasteiger partial charge in [-0.1, -0.05) is 13.8 Å². The van der Waals surface area contributed by atoms with Gasteiger partial charge in [0.15, 0.2) is 0 Å². The van der Waals surface area contributed by atoms with Crippen LogP contribution in [0.1, 0.15) is 47.3 Å². The maximum atomic E-state index is 12.1. The molecule has 1 amide bonds. The topological polar surface area (TPSA) is 41.1 Å². The van der Waals surface area contributed by atoms with Crippen molar-refractivity contribution in [3.05, 3.63) is 21.4 Å². The van der Waals surface area contributed by atoms with Gasteiger partial charge in [0.2, 0.25) is 0 Å². The average molecular weight is 317 g/mol. The van der Waals surface area contributed by atoms with Crippen LogP contribution in [0.3, 0.4) is 0 Å². The van der Waals surface area contributed by atoms with E-state index in [1.54, 1.807) is 11.3 Å². The number of carbonyl (C=O) groups is 1. The molecule has 2 atom stereocenters. The Morgan fingerprint density at radius 1 is 1.55 bits per heavy atom. The average Bonchev–Trinajstić information content (AvgIpc) is 2.79. The lowest BCUT2D eigenvalue weighted by Crippen LogP contribution is -2.38. The summed E-state index contributed by atoms with van der Waals surface area (Å²) in [6.07, 6.45) is 3.53. The Morgan fingerprint density at radius 3 is 3.00 bits per heavy atom. The third-order valence-electron chi connectivity index (χ3n) is 3.67. The second-order valence-electron chi connectivity index (χ2n) is 5.58. The number of likely N-dealkylation sites (N-methyl/N-ethyl adjacent to an activating group) is 1. The highest BCUT2D eigenvalue weighted by molar-refractivity contribution is 7.14. The predicted octanol–water partition coefficient (Wildman–Crippen LogP) is 3.02. The Bertz CT molecular complexity index is 447. The van der Waals surface area contributed by atoms with Gasteiger partial charge in [0, 0.05) is 17.5 Å². The van der Waals surface area contributed by atoms with E-state index >= 15 is 0 Å². The first-order valence-corrected chi connectivity index (χ1v) is 8.05. The lowest BCUT2D eigenvalue weighted by Gasteiger charge is -2.16. The number of fused-ring (bicyclic) bond motifs is 1. The molecule has 0 spiro atoms. The molecule has 0 radical (unpaired) electrons. The lowest BCUT2D eigenvalue weighted by molar-refractivity contribution is 0.0954. The molecule has 0 saturated heterocycles. The fraction of sp³-hybridized carbons (Fsp3) is 0.667. The van der Waals surface area contributed by atoms with Crippen LogP contribution < -0.4 is 10.6 Å². The van der Waals surface area contributed by atoms with Gasteiger partial charge < -0.3 is 10.6 Å². The van der Waals surface area contributed by atoms with Gasteiger partial charge >= 0.3 is 0 Å². The normalized spacial score (nSPS) is 18.9. The van der Waals surface area contributed by atoms with Crippen molar-refractivity contribution in [2.45, 2.75) is 46.1 Å². The summed E-state index contributed by atoms with van der Waals surface area (Å²) in [5, 5.41) is 6.31. The zero-order valence-electron chi connectivity index (χ0n) is 12.5. The number of halogens is 1. The number of nitrogens with one attached hydrogen (secondary N) is 2. The molecule has 1 aliphatic carbocycles. The van der Waals surface area contributed by atoms with Crippen LogP contribution in [0.15, 0.2) is 6.07 Å². The summed E-state index contributed by atoms with van der Waals surface area (Å²) in [5.74, 6) is 0.837. The summed E-state index contributed by atoms with van der Waals surface area (Å²) < 4.78 is 0. The summed E-state index contributed by atoms with van der Waals surface area (Å²) in [6, 6.07) is 2.42. The molecule has 20 heavy (non-hydrogen) atoms. The highest BCUT2D eigenvalue weighted by Crippen LogP contribution is 2.32. The van der Waals surface area contributed by atoms with Crippen LogP contribution in [0.25, 0.3) is 0 Å². The summed E-state index contributed by atoms with van der Waals surface area (Å²) >= 11 is 1.68. The maximum absolute atomic E-state index is 12.1. The maximum Gasteiger partial charge on any atom is 0.261 e. The Hall–Kier alpha value is -0.580. The van der Waals surface area contributed by atoms with Crippen molar-refractivity contribution >= 4 is 29.7 Å². The van der Waals surface area contributed by atoms with Gasteiger partial charge in [0.25, 0.3) is 5.91 Å². The minimum Gasteiger partial charge on any atom is -0.350 e. The van der Waals surface area contributed by atoms with Gasteiger partial charge in [-0.2, -0.15) is 0 Å². The molecule has 1 heterocycles. The van der Waals surface area contributed by atoms with E-state index in [2.05, 4.69) is 37.5 Å². The van der Waals surface area contributed by atoms with Gasteiger partial charge in [-0.25, -0.2) is 0 Å². The second-order valence-corrected chi connectivity index (χ2v) is 6.71. The number of thiophene rings is 1. The molecule has 0 fully saturated rings. The van der Waals surface area contributed by atoms with Crippen LogP contribution in [-0.4, -0.2) is 25.0 Å². The van der Waals surface area contributed by atoms with Gasteiger partial charge in [-0.05, 0) is 50.3 Å². The van der Waals surface area contributed by atoms with Crippen LogP contribution in [0.2, 0.25) is 0 Å². The third kappa shape index (κ3) is 4.47. The molecule has 5 heteroatoms. The number of amides is 1. The second kappa shape index (κ2) is 8.01. The molecule has 0 saturated carbocycles. The highest BCUT2D eigenvalue weighted by atomic mass is 35.5. The van der Waals surface area contributed by atoms with Crippen molar-refractivity contribution in [1.29, 1.82) is 0 Å². The van der Waals surface area contributed by atoms with E-state index in [0.29, 0.717) is 12.6 Å². The van der Waals surface area contributed by atoms with Gasteiger partial charge in [-0.3, -0.25) is 4.79 Å². The smallest absolute Gasteiger partial charge is 0.261 e. The molecule has 0 aliphatic heterocycles. The minimum atomic E-state index is 0. The predicted molar refractivity (Wildman–Crippen MR) is 88.2 cm³/mol. The summed E-state index contributed by atoms with van der Waals surface area (Å²) in [6.45, 7) is 8.07. The minimum absolute atomic E-state index is 0. The van der Waals surface area contributed by atoms with E-state index in [4.69, 9.17) is 0 Å². The number of hydrogen-bond donors (Lipinski definition) is 2. The van der Waals surface area contributed by atoms with Crippen molar-refractivity contribution in [1.82, 2.24) is 10.6 Å². The van der Waals surface area contributed by atoms with Crippen molar-refractivity contribution in [2.24, 2.45) is 5.92 Å². The van der Waals surface area contributed by atoms with Crippen LogP contribution >= 0.6 is 23.7 Å². The first-order valence-electron chi connectivity index (χ1n) is 7.23. The molecule has 3 nitrogen and oxygen atoms in total. The Morgan fingerprint density at radius 2 is 2.30 bits per heavy atom. The fourth-order valence-electron chi connectivity index (χ4n) is 2.57. The van der Waals surface area contributed by atoms with Gasteiger partial charge in [0.1, 0.15) is 0 Å². The molecule has 1 aromatic rings. The SMILES string of the molecule is CCN[C@H](C)CNC(=O)c1cc2c(s1)CCC(C)C2.Cl. The zero-order chi connectivity index (χ0) is 13.8. The number of rotatable bonds is 5. The van der Waals surface area contributed by atoms with E-state index < -0.39 is 0 Å². The van der Waals surface area contributed by atoms with Gasteiger partial charge in [-0.15, -0.1) is 23.7 Å². The molecule has 2 N–H and O–H groups in total. The number of carbonyl (C=O) groups excluding carboxylic acids is 1. The van der Waals surface area contributed by atoms with Crippen molar-refractivity contribution in [3.8, 4) is 0 Å². The Balaban J connectivity index is 0.00000200. The van der Waals surface area contributed by atoms with E-state index in [1.807, 2.05) is 0 Å². The quantitative estimate of drug-likeness (QED) is 0.876. The first-order chi connectivity index (χ1) is 9.10. The van der Waals surface area contributed by atoms with Crippen molar-refractivity contribution in [3.63, 3.8) is 0 Å². The summed E-state index contributed by atoms with van der Waals surface area (Å²) in [7, 11) is 0. The lowest BCUT2D eigenvalue weighted by atomic mass is 9.90. The molecular weight excluding hydrogens is 292 g/mol. The number of aryl methyl sites for hydroxylation is 1. The molecule has 1 aromatic heterocycles. The molecule has 1 unspecified atom stereocenters. The Kier molecular flexibility index (Phi) is 7.00. The summed E-state index contributed by atoms with van der Waals surface area (Å²) in [5.41, 5.74) is 1.40. The number of hydrogen-bond acceptors (Lipinski definition) is 3. The van der Waals surface area contributed by atoms with Crippen LogP contribution in [0.5, 0.6) is 0 Å². The van der Waals surface area contributed by atoms with E-state index in [0.717, 1.165) is 30.2 Å². The van der Waals surface area contributed by atoms with Crippen molar-refractivity contribution in [2.75, 3.05) is 13.1 Å². The van der Waals surface area contributed by atoms with E-state index in [-0.39, 0.29) is 18.3 Å². The van der Waals surface area contributed by atoms with Crippen LogP contribution in [0.4, 0.5) is 0 Å². The van der Waals surface area contributed by atoms with Crippen LogP contribution in [0, 0.1) is 5.92 Å². The molecule has 0 bridgehead atoms. The third-order valence-corrected chi connectivity index (χ3v) is 4.91. The first kappa shape index (κ1) is 17.5. The standard InChI is InChI=1S/C15H24N2OS.ClH/c1-4-16-11(3)9-17-15(18)14-8-12-7-10(2)5-6-13(12)19-14;/h8,10-11,16H,4-7,9H2,1-3H3,(H,17,18);1H/t10?,11-;/m1./s1. The fourth-order valence-corrected chi connectivity index (χ4v) is 3.70. The Labute approximate surface area is 131 Å². The van der Waals surface area contributed by atoms with Crippen LogP contribution in [-0.2, 0) is 12.8 Å². The molecular formula is C15H25ClN2OS. The van der Waals surface area contributed by atoms with E-state index in [9.17, 15) is 4.79 Å². The zero-order valence-corrected chi connectivity index (χ0v) is 14.1. The molecule has 114 valence electrons. The van der Waals surface area contributed by atoms with Gasteiger partial charge in [0.05, 0.1) is 4.88 Å². The largest absolute Gasteiger partial charge is 0.350 e. The monoisotopic (exact) mass is 316 g/mol. The molecule has 1 aliphatic rings. The summed E-state index contributed by atoms with van der Waals surface area (Å²) in [4.78, 5) is 14.4. The van der Waals surface area contributed by atoms with Crippen molar-refractivity contribution < 1.29 is 4.79 Å². The highest BCUT2D eigenvalue weighted by Gasteiger charge is 2.20. The molecule has 0 aromatic carbocycles.